The number of carbonyl (C=O) groups is 2. The first kappa shape index (κ1) is 19.3. The zero-order valence-corrected chi connectivity index (χ0v) is 13.5. The van der Waals surface area contributed by atoms with Crippen LogP contribution in [0.25, 0.3) is 0 Å². The maximum Gasteiger partial charge on any atom is 0.407 e. The number of alkyl carbamates (subject to hydrolysis) is 1. The van der Waals surface area contributed by atoms with E-state index in [1.807, 2.05) is 0 Å². The SMILES string of the molecule is O=C(O)CC(Cc1cc(F)c(F)cc1F)NC(=O)OCc1ccccc1. The molecule has 138 valence electrons. The van der Waals surface area contributed by atoms with Crippen LogP contribution in [0.2, 0.25) is 0 Å². The van der Waals surface area contributed by atoms with Crippen molar-refractivity contribution >= 4 is 12.1 Å². The van der Waals surface area contributed by atoms with Gasteiger partial charge < -0.3 is 15.2 Å². The molecule has 26 heavy (non-hydrogen) atoms. The maximum absolute atomic E-state index is 13.7. The Morgan fingerprint density at radius 1 is 1.04 bits per heavy atom. The highest BCUT2D eigenvalue weighted by Gasteiger charge is 2.20. The third kappa shape index (κ3) is 5.80. The first-order valence-electron chi connectivity index (χ1n) is 7.67. The average molecular weight is 367 g/mol. The molecule has 2 aromatic carbocycles. The molecule has 0 fully saturated rings. The molecule has 1 amide bonds. The number of hydrogen-bond acceptors (Lipinski definition) is 3. The molecule has 1 unspecified atom stereocenters. The highest BCUT2D eigenvalue weighted by molar-refractivity contribution is 5.71. The molecule has 0 saturated heterocycles. The smallest absolute Gasteiger partial charge is 0.407 e. The van der Waals surface area contributed by atoms with Crippen molar-refractivity contribution in [2.45, 2.75) is 25.5 Å². The minimum Gasteiger partial charge on any atom is -0.481 e. The van der Waals surface area contributed by atoms with Gasteiger partial charge in [0.25, 0.3) is 0 Å². The Balaban J connectivity index is 2.01. The fraction of sp³-hybridized carbons (Fsp3) is 0.222. The van der Waals surface area contributed by atoms with E-state index >= 15 is 0 Å². The van der Waals surface area contributed by atoms with E-state index < -0.39 is 42.0 Å². The van der Waals surface area contributed by atoms with Crippen molar-refractivity contribution in [2.24, 2.45) is 0 Å². The molecule has 0 spiro atoms. The van der Waals surface area contributed by atoms with Gasteiger partial charge in [-0.25, -0.2) is 18.0 Å². The molecule has 0 aliphatic rings. The van der Waals surface area contributed by atoms with Gasteiger partial charge in [-0.3, -0.25) is 4.79 Å². The zero-order chi connectivity index (χ0) is 19.1. The summed E-state index contributed by atoms with van der Waals surface area (Å²) in [4.78, 5) is 22.8. The average Bonchev–Trinajstić information content (AvgIpc) is 2.58. The second-order valence-corrected chi connectivity index (χ2v) is 5.56. The summed E-state index contributed by atoms with van der Waals surface area (Å²) in [5, 5.41) is 11.2. The first-order valence-corrected chi connectivity index (χ1v) is 7.67. The van der Waals surface area contributed by atoms with Crippen LogP contribution in [0.5, 0.6) is 0 Å². The van der Waals surface area contributed by atoms with Gasteiger partial charge in [0.1, 0.15) is 12.4 Å². The van der Waals surface area contributed by atoms with Crippen molar-refractivity contribution < 1.29 is 32.6 Å². The first-order chi connectivity index (χ1) is 12.3. The van der Waals surface area contributed by atoms with Gasteiger partial charge in [0.2, 0.25) is 0 Å². The van der Waals surface area contributed by atoms with Crippen LogP contribution in [0.3, 0.4) is 0 Å². The summed E-state index contributed by atoms with van der Waals surface area (Å²) in [6.07, 6.45) is -1.78. The highest BCUT2D eigenvalue weighted by Crippen LogP contribution is 2.16. The third-order valence-corrected chi connectivity index (χ3v) is 3.51. The lowest BCUT2D eigenvalue weighted by Crippen LogP contribution is -2.38. The third-order valence-electron chi connectivity index (χ3n) is 3.51. The molecule has 1 atom stereocenters. The van der Waals surface area contributed by atoms with Gasteiger partial charge >= 0.3 is 12.1 Å². The van der Waals surface area contributed by atoms with Gasteiger partial charge in [0.05, 0.1) is 6.42 Å². The maximum atomic E-state index is 13.7. The number of benzene rings is 2. The normalized spacial score (nSPS) is 11.7. The molecular formula is C18H16F3NO4. The fourth-order valence-electron chi connectivity index (χ4n) is 2.30. The monoisotopic (exact) mass is 367 g/mol. The van der Waals surface area contributed by atoms with Crippen molar-refractivity contribution in [3.63, 3.8) is 0 Å². The second-order valence-electron chi connectivity index (χ2n) is 5.56. The Kier molecular flexibility index (Phi) is 6.60. The molecule has 2 rings (SSSR count). The van der Waals surface area contributed by atoms with Crippen LogP contribution in [0.15, 0.2) is 42.5 Å². The number of carboxylic acids is 1. The van der Waals surface area contributed by atoms with Crippen LogP contribution in [-0.2, 0) is 22.6 Å². The van der Waals surface area contributed by atoms with Crippen LogP contribution >= 0.6 is 0 Å². The van der Waals surface area contributed by atoms with Gasteiger partial charge in [-0.2, -0.15) is 0 Å². The van der Waals surface area contributed by atoms with Crippen LogP contribution in [-0.4, -0.2) is 23.2 Å². The minimum absolute atomic E-state index is 0.0357. The van der Waals surface area contributed by atoms with Gasteiger partial charge in [-0.15, -0.1) is 0 Å². The van der Waals surface area contributed by atoms with E-state index in [0.29, 0.717) is 12.1 Å². The van der Waals surface area contributed by atoms with E-state index in [1.165, 1.54) is 0 Å². The molecular weight excluding hydrogens is 351 g/mol. The minimum atomic E-state index is -1.35. The van der Waals surface area contributed by atoms with Crippen molar-refractivity contribution in [1.82, 2.24) is 5.32 Å². The second kappa shape index (κ2) is 8.89. The fourth-order valence-corrected chi connectivity index (χ4v) is 2.30. The topological polar surface area (TPSA) is 75.6 Å². The predicted molar refractivity (Wildman–Crippen MR) is 85.8 cm³/mol. The van der Waals surface area contributed by atoms with Gasteiger partial charge in [-0.1, -0.05) is 30.3 Å². The Morgan fingerprint density at radius 2 is 1.69 bits per heavy atom. The van der Waals surface area contributed by atoms with Crippen molar-refractivity contribution in [2.75, 3.05) is 0 Å². The summed E-state index contributed by atoms with van der Waals surface area (Å²) < 4.78 is 45.0. The number of ether oxygens (including phenoxy) is 1. The molecule has 8 heteroatoms. The zero-order valence-electron chi connectivity index (χ0n) is 13.5. The van der Waals surface area contributed by atoms with E-state index in [9.17, 15) is 22.8 Å². The Morgan fingerprint density at radius 3 is 2.35 bits per heavy atom. The van der Waals surface area contributed by atoms with E-state index in [4.69, 9.17) is 9.84 Å². The number of carbonyl (C=O) groups excluding carboxylic acids is 1. The van der Waals surface area contributed by atoms with Crippen molar-refractivity contribution in [1.29, 1.82) is 0 Å². The molecule has 0 aromatic heterocycles. The van der Waals surface area contributed by atoms with Gasteiger partial charge in [0, 0.05) is 12.1 Å². The van der Waals surface area contributed by atoms with Crippen LogP contribution < -0.4 is 5.32 Å². The number of rotatable bonds is 7. The van der Waals surface area contributed by atoms with Crippen LogP contribution in [0.4, 0.5) is 18.0 Å². The van der Waals surface area contributed by atoms with E-state index in [0.717, 1.165) is 5.56 Å². The molecule has 0 aliphatic carbocycles. The molecule has 0 aliphatic heterocycles. The Labute approximate surface area is 147 Å². The summed E-state index contributed by atoms with van der Waals surface area (Å²) in [5.41, 5.74) is 0.475. The molecule has 2 aromatic rings. The van der Waals surface area contributed by atoms with E-state index in [-0.39, 0.29) is 18.6 Å². The quantitative estimate of drug-likeness (QED) is 0.736. The Hall–Kier alpha value is -3.03. The summed E-state index contributed by atoms with van der Waals surface area (Å²) in [6, 6.07) is 8.73. The van der Waals surface area contributed by atoms with Crippen molar-refractivity contribution in [3.8, 4) is 0 Å². The lowest BCUT2D eigenvalue weighted by Gasteiger charge is -2.17. The van der Waals surface area contributed by atoms with E-state index in [2.05, 4.69) is 5.32 Å². The standard InChI is InChI=1S/C18H16F3NO4/c19-14-9-16(21)15(20)7-12(14)6-13(8-17(23)24)22-18(25)26-10-11-4-2-1-3-5-11/h1-5,7,9,13H,6,8,10H2,(H,22,25)(H,23,24). The summed E-state index contributed by atoms with van der Waals surface area (Å²) >= 11 is 0. The summed E-state index contributed by atoms with van der Waals surface area (Å²) in [7, 11) is 0. The van der Waals surface area contributed by atoms with Crippen molar-refractivity contribution in [3.05, 3.63) is 71.0 Å². The summed E-state index contributed by atoms with van der Waals surface area (Å²) in [6.45, 7) is -0.0357. The molecule has 0 heterocycles. The molecule has 2 N–H and O–H groups in total. The molecule has 0 saturated carbocycles. The number of hydrogen-bond donors (Lipinski definition) is 2. The van der Waals surface area contributed by atoms with Gasteiger partial charge in [-0.05, 0) is 23.6 Å². The molecule has 0 bridgehead atoms. The highest BCUT2D eigenvalue weighted by atomic mass is 19.2. The molecule has 5 nitrogen and oxygen atoms in total. The largest absolute Gasteiger partial charge is 0.481 e. The summed E-state index contributed by atoms with van der Waals surface area (Å²) in [5.74, 6) is -4.89. The Bertz CT molecular complexity index is 784. The number of nitrogens with one attached hydrogen (secondary N) is 1. The number of amides is 1. The molecule has 0 radical (unpaired) electrons. The van der Waals surface area contributed by atoms with Crippen LogP contribution in [0, 0.1) is 17.5 Å². The lowest BCUT2D eigenvalue weighted by molar-refractivity contribution is -0.137. The number of halogens is 3. The van der Waals surface area contributed by atoms with Gasteiger partial charge in [0.15, 0.2) is 11.6 Å². The van der Waals surface area contributed by atoms with Crippen LogP contribution in [0.1, 0.15) is 17.5 Å². The lowest BCUT2D eigenvalue weighted by atomic mass is 10.0. The predicted octanol–water partition coefficient (Wildman–Crippen LogP) is 3.42. The number of carboxylic acid groups (broad SMARTS) is 1. The number of aliphatic carboxylic acids is 1. The van der Waals surface area contributed by atoms with E-state index in [1.54, 1.807) is 30.3 Å².